The Bertz CT molecular complexity index is 1060. The van der Waals surface area contributed by atoms with Crippen LogP contribution in [0.25, 0.3) is 21.7 Å². The molecule has 0 spiro atoms. The molecule has 24 heavy (non-hydrogen) atoms. The highest BCUT2D eigenvalue weighted by Crippen LogP contribution is 2.26. The predicted octanol–water partition coefficient (Wildman–Crippen LogP) is 3.88. The van der Waals surface area contributed by atoms with Crippen molar-refractivity contribution in [3.8, 4) is 0 Å². The molecule has 0 atom stereocenters. The van der Waals surface area contributed by atoms with Crippen molar-refractivity contribution in [1.82, 2.24) is 4.98 Å². The van der Waals surface area contributed by atoms with E-state index in [1.807, 2.05) is 66.7 Å². The number of hydrogen-bond donors (Lipinski definition) is 1. The third kappa shape index (κ3) is 2.85. The molecule has 0 radical (unpaired) electrons. The fraction of sp³-hybridized carbons (Fsp3) is 0.0526. The molecule has 118 valence electrons. The molecule has 0 aliphatic rings. The van der Waals surface area contributed by atoms with Gasteiger partial charge >= 0.3 is 5.76 Å². The summed E-state index contributed by atoms with van der Waals surface area (Å²) in [6, 6.07) is 21.4. The van der Waals surface area contributed by atoms with Crippen molar-refractivity contribution >= 4 is 27.6 Å². The van der Waals surface area contributed by atoms with Crippen LogP contribution in [0.2, 0.25) is 0 Å². The minimum absolute atomic E-state index is 0.350. The first kappa shape index (κ1) is 14.4. The minimum atomic E-state index is -0.663. The highest BCUT2D eigenvalue weighted by Gasteiger charge is 2.09. The van der Waals surface area contributed by atoms with E-state index in [0.717, 1.165) is 16.3 Å². The Morgan fingerprint density at radius 2 is 1.67 bits per heavy atom. The van der Waals surface area contributed by atoms with Gasteiger partial charge in [0.2, 0.25) is 0 Å². The summed E-state index contributed by atoms with van der Waals surface area (Å²) >= 11 is 0. The van der Waals surface area contributed by atoms with Gasteiger partial charge in [-0.25, -0.2) is 10.3 Å². The number of hydrogen-bond acceptors (Lipinski definition) is 5. The molecule has 0 aliphatic carbocycles. The normalized spacial score (nSPS) is 11.0. The Balaban J connectivity index is 1.68. The van der Waals surface area contributed by atoms with Crippen molar-refractivity contribution in [2.24, 2.45) is 0 Å². The first-order valence-electron chi connectivity index (χ1n) is 7.55. The van der Waals surface area contributed by atoms with E-state index in [2.05, 4.69) is 10.5 Å². The number of aromatic nitrogens is 1. The SMILES string of the molecule is O=c1nc(NOCc2ccccc2)c2cc3ccccc3cc2o1. The maximum absolute atomic E-state index is 11.7. The second kappa shape index (κ2) is 6.14. The third-order valence-corrected chi connectivity index (χ3v) is 3.75. The van der Waals surface area contributed by atoms with Crippen LogP contribution >= 0.6 is 0 Å². The zero-order valence-corrected chi connectivity index (χ0v) is 12.7. The van der Waals surface area contributed by atoms with Crippen LogP contribution in [0, 0.1) is 0 Å². The highest BCUT2D eigenvalue weighted by molar-refractivity contribution is 5.99. The molecular formula is C19H14N2O3. The standard InChI is InChI=1S/C19H14N2O3/c22-19-20-18(21-23-12-13-6-2-1-3-7-13)16-10-14-8-4-5-9-15(14)11-17(16)24-19/h1-11H,12H2,(H,20,21,22). The fourth-order valence-corrected chi connectivity index (χ4v) is 2.60. The molecule has 0 aliphatic heterocycles. The molecule has 1 heterocycles. The Labute approximate surface area is 137 Å². The van der Waals surface area contributed by atoms with Gasteiger partial charge < -0.3 is 4.42 Å². The van der Waals surface area contributed by atoms with Gasteiger partial charge in [-0.3, -0.25) is 4.84 Å². The quantitative estimate of drug-likeness (QED) is 0.457. The summed E-state index contributed by atoms with van der Waals surface area (Å²) < 4.78 is 5.21. The van der Waals surface area contributed by atoms with Gasteiger partial charge in [0.1, 0.15) is 5.58 Å². The Morgan fingerprint density at radius 1 is 0.958 bits per heavy atom. The van der Waals surface area contributed by atoms with E-state index in [4.69, 9.17) is 9.25 Å². The number of nitrogens with zero attached hydrogens (tertiary/aromatic N) is 1. The van der Waals surface area contributed by atoms with Crippen LogP contribution in [0.15, 0.2) is 75.9 Å². The summed E-state index contributed by atoms with van der Waals surface area (Å²) in [4.78, 5) is 21.1. The van der Waals surface area contributed by atoms with Gasteiger partial charge in [0.25, 0.3) is 0 Å². The molecule has 0 bridgehead atoms. The summed E-state index contributed by atoms with van der Waals surface area (Å²) in [7, 11) is 0. The second-order valence-electron chi connectivity index (χ2n) is 5.40. The van der Waals surface area contributed by atoms with Gasteiger partial charge in [-0.15, -0.1) is 0 Å². The van der Waals surface area contributed by atoms with Crippen LogP contribution in [0.4, 0.5) is 5.82 Å². The molecule has 4 rings (SSSR count). The summed E-state index contributed by atoms with van der Waals surface area (Å²) in [5.41, 5.74) is 4.26. The largest absolute Gasteiger partial charge is 0.441 e. The lowest BCUT2D eigenvalue weighted by atomic mass is 10.1. The molecule has 1 aromatic heterocycles. The maximum Gasteiger partial charge on any atom is 0.441 e. The van der Waals surface area contributed by atoms with E-state index in [1.54, 1.807) is 0 Å². The first-order chi connectivity index (χ1) is 11.8. The molecule has 4 aromatic rings. The van der Waals surface area contributed by atoms with Gasteiger partial charge in [0.15, 0.2) is 5.82 Å². The van der Waals surface area contributed by atoms with E-state index in [0.29, 0.717) is 23.4 Å². The van der Waals surface area contributed by atoms with Crippen LogP contribution in [0.3, 0.4) is 0 Å². The van der Waals surface area contributed by atoms with Crippen molar-refractivity contribution in [1.29, 1.82) is 0 Å². The zero-order chi connectivity index (χ0) is 16.4. The van der Waals surface area contributed by atoms with Crippen molar-refractivity contribution in [3.63, 3.8) is 0 Å². The molecule has 5 nitrogen and oxygen atoms in total. The topological polar surface area (TPSA) is 64.4 Å². The summed E-state index contributed by atoms with van der Waals surface area (Å²) in [5, 5.41) is 2.73. The lowest BCUT2D eigenvalue weighted by molar-refractivity contribution is 0.179. The van der Waals surface area contributed by atoms with Crippen LogP contribution in [-0.4, -0.2) is 4.98 Å². The van der Waals surface area contributed by atoms with Crippen LogP contribution in [-0.2, 0) is 11.4 Å². The van der Waals surface area contributed by atoms with E-state index in [-0.39, 0.29) is 0 Å². The van der Waals surface area contributed by atoms with Crippen molar-refractivity contribution < 1.29 is 9.25 Å². The molecule has 0 saturated carbocycles. The lowest BCUT2D eigenvalue weighted by Gasteiger charge is -2.09. The van der Waals surface area contributed by atoms with Crippen LogP contribution in [0.1, 0.15) is 5.56 Å². The summed E-state index contributed by atoms with van der Waals surface area (Å²) in [5.74, 6) is -0.313. The fourth-order valence-electron chi connectivity index (χ4n) is 2.60. The summed E-state index contributed by atoms with van der Waals surface area (Å²) in [6.07, 6.45) is 0. The van der Waals surface area contributed by atoms with Gasteiger partial charge in [-0.1, -0.05) is 54.6 Å². The minimum Gasteiger partial charge on any atom is -0.408 e. The number of nitrogens with one attached hydrogen (secondary N) is 1. The number of benzene rings is 3. The number of fused-ring (bicyclic) bond motifs is 2. The lowest BCUT2D eigenvalue weighted by Crippen LogP contribution is -2.11. The van der Waals surface area contributed by atoms with E-state index < -0.39 is 5.76 Å². The molecule has 1 N–H and O–H groups in total. The van der Waals surface area contributed by atoms with E-state index >= 15 is 0 Å². The summed E-state index contributed by atoms with van der Waals surface area (Å²) in [6.45, 7) is 0.359. The zero-order valence-electron chi connectivity index (χ0n) is 12.7. The average Bonchev–Trinajstić information content (AvgIpc) is 2.61. The Hall–Kier alpha value is -3.18. The van der Waals surface area contributed by atoms with Crippen molar-refractivity contribution in [3.05, 3.63) is 82.8 Å². The molecule has 3 aromatic carbocycles. The molecule has 5 heteroatoms. The van der Waals surface area contributed by atoms with Crippen molar-refractivity contribution in [2.75, 3.05) is 5.48 Å². The number of anilines is 1. The first-order valence-corrected chi connectivity index (χ1v) is 7.55. The van der Waals surface area contributed by atoms with Crippen molar-refractivity contribution in [2.45, 2.75) is 6.61 Å². The number of rotatable bonds is 4. The van der Waals surface area contributed by atoms with Gasteiger partial charge in [-0.2, -0.15) is 4.98 Å². The van der Waals surface area contributed by atoms with Crippen LogP contribution < -0.4 is 11.2 Å². The highest BCUT2D eigenvalue weighted by atomic mass is 16.6. The Kier molecular flexibility index (Phi) is 3.69. The molecule has 0 saturated heterocycles. The molecule has 0 fully saturated rings. The second-order valence-corrected chi connectivity index (χ2v) is 5.40. The smallest absolute Gasteiger partial charge is 0.408 e. The average molecular weight is 318 g/mol. The van der Waals surface area contributed by atoms with E-state index in [9.17, 15) is 4.79 Å². The van der Waals surface area contributed by atoms with Gasteiger partial charge in [0, 0.05) is 0 Å². The molecule has 0 amide bonds. The van der Waals surface area contributed by atoms with E-state index in [1.165, 1.54) is 0 Å². The maximum atomic E-state index is 11.7. The van der Waals surface area contributed by atoms with Gasteiger partial charge in [-0.05, 0) is 28.5 Å². The predicted molar refractivity (Wildman–Crippen MR) is 92.6 cm³/mol. The Morgan fingerprint density at radius 3 is 2.46 bits per heavy atom. The van der Waals surface area contributed by atoms with Crippen LogP contribution in [0.5, 0.6) is 0 Å². The molecular weight excluding hydrogens is 304 g/mol. The monoisotopic (exact) mass is 318 g/mol. The third-order valence-electron chi connectivity index (χ3n) is 3.75. The van der Waals surface area contributed by atoms with Gasteiger partial charge in [0.05, 0.1) is 12.0 Å². The molecule has 0 unspecified atom stereocenters.